The molecule has 0 bridgehead atoms. The molecule has 0 amide bonds. The molecule has 1 aromatic heterocycles. The fourth-order valence-corrected chi connectivity index (χ4v) is 2.06. The van der Waals surface area contributed by atoms with Gasteiger partial charge >= 0.3 is 0 Å². The van der Waals surface area contributed by atoms with E-state index in [-0.39, 0.29) is 0 Å². The van der Waals surface area contributed by atoms with E-state index in [1.807, 2.05) is 0 Å². The Hall–Kier alpha value is -0.990. The number of imidazole rings is 1. The maximum atomic E-state index is 6.17. The van der Waals surface area contributed by atoms with Gasteiger partial charge in [0.1, 0.15) is 11.6 Å². The third-order valence-corrected chi connectivity index (χ3v) is 2.97. The van der Waals surface area contributed by atoms with Gasteiger partial charge in [-0.25, -0.2) is 4.98 Å². The number of aryl methyl sites for hydroxylation is 1. The number of nitrogens with zero attached hydrogens (tertiary/aromatic N) is 2. The van der Waals surface area contributed by atoms with Crippen molar-refractivity contribution in [3.63, 3.8) is 0 Å². The van der Waals surface area contributed by atoms with Crippen molar-refractivity contribution < 1.29 is 0 Å². The molecule has 3 heteroatoms. The summed E-state index contributed by atoms with van der Waals surface area (Å²) < 4.78 is 2.27. The highest BCUT2D eigenvalue weighted by Crippen LogP contribution is 2.40. The first-order chi connectivity index (χ1) is 7.15. The minimum absolute atomic E-state index is 0.471. The van der Waals surface area contributed by atoms with Gasteiger partial charge in [0.15, 0.2) is 0 Å². The summed E-state index contributed by atoms with van der Waals surface area (Å²) in [6.45, 7) is 6.55. The number of nitrogen functional groups attached to an aromatic ring is 1. The second kappa shape index (κ2) is 3.87. The van der Waals surface area contributed by atoms with Crippen LogP contribution in [0.2, 0.25) is 0 Å². The van der Waals surface area contributed by atoms with Crippen LogP contribution in [0.15, 0.2) is 0 Å². The van der Waals surface area contributed by atoms with E-state index in [2.05, 4.69) is 25.3 Å². The summed E-state index contributed by atoms with van der Waals surface area (Å²) in [6, 6.07) is 0.639. The summed E-state index contributed by atoms with van der Waals surface area (Å²) in [7, 11) is 0. The molecule has 3 nitrogen and oxygen atoms in total. The summed E-state index contributed by atoms with van der Waals surface area (Å²) in [5.74, 6) is 2.57. The van der Waals surface area contributed by atoms with Gasteiger partial charge in [0, 0.05) is 12.0 Å². The lowest BCUT2D eigenvalue weighted by Gasteiger charge is -2.10. The average Bonchev–Trinajstić information content (AvgIpc) is 2.95. The van der Waals surface area contributed by atoms with Crippen LogP contribution in [0.3, 0.4) is 0 Å². The van der Waals surface area contributed by atoms with Gasteiger partial charge in [-0.15, -0.1) is 0 Å². The monoisotopic (exact) mass is 207 g/mol. The Balaban J connectivity index is 2.39. The molecule has 1 fully saturated rings. The predicted octanol–water partition coefficient (Wildman–Crippen LogP) is 2.88. The summed E-state index contributed by atoms with van der Waals surface area (Å²) in [4.78, 5) is 4.70. The molecule has 2 rings (SSSR count). The van der Waals surface area contributed by atoms with Crippen LogP contribution in [0.25, 0.3) is 0 Å². The van der Waals surface area contributed by atoms with Crippen LogP contribution in [0, 0.1) is 0 Å². The molecule has 0 aliphatic heterocycles. The molecule has 1 aromatic rings. The molecule has 1 heterocycles. The van der Waals surface area contributed by atoms with Crippen LogP contribution in [-0.4, -0.2) is 9.55 Å². The molecular weight excluding hydrogens is 186 g/mol. The Morgan fingerprint density at radius 1 is 1.47 bits per heavy atom. The average molecular weight is 207 g/mol. The standard InChI is InChI=1S/C12H21N3/c1-4-5-10-11(13)15(9-6-7-9)12(14-10)8(2)3/h8-9H,4-7,13H2,1-3H3. The van der Waals surface area contributed by atoms with Crippen molar-refractivity contribution >= 4 is 5.82 Å². The van der Waals surface area contributed by atoms with Crippen LogP contribution in [0.1, 0.15) is 63.5 Å². The fraction of sp³-hybridized carbons (Fsp3) is 0.750. The molecule has 0 radical (unpaired) electrons. The molecule has 0 unspecified atom stereocenters. The van der Waals surface area contributed by atoms with Gasteiger partial charge in [-0.3, -0.25) is 0 Å². The molecule has 1 aliphatic rings. The number of nitrogens with two attached hydrogens (primary N) is 1. The first-order valence-corrected chi connectivity index (χ1v) is 6.01. The van der Waals surface area contributed by atoms with Gasteiger partial charge < -0.3 is 10.3 Å². The van der Waals surface area contributed by atoms with Gasteiger partial charge in [-0.05, 0) is 19.3 Å². The number of hydrogen-bond acceptors (Lipinski definition) is 2. The summed E-state index contributed by atoms with van der Waals surface area (Å²) in [5, 5.41) is 0. The van der Waals surface area contributed by atoms with E-state index in [0.717, 1.165) is 24.4 Å². The first-order valence-electron chi connectivity index (χ1n) is 6.01. The smallest absolute Gasteiger partial charge is 0.127 e. The number of hydrogen-bond donors (Lipinski definition) is 1. The summed E-state index contributed by atoms with van der Waals surface area (Å²) in [6.07, 6.45) is 4.66. The molecule has 1 aliphatic carbocycles. The Morgan fingerprint density at radius 2 is 2.13 bits per heavy atom. The molecular formula is C12H21N3. The highest BCUT2D eigenvalue weighted by atomic mass is 15.2. The molecule has 0 saturated heterocycles. The van der Waals surface area contributed by atoms with E-state index in [0.29, 0.717) is 12.0 Å². The molecule has 0 aromatic carbocycles. The quantitative estimate of drug-likeness (QED) is 0.825. The third kappa shape index (κ3) is 1.87. The van der Waals surface area contributed by atoms with Gasteiger partial charge in [-0.2, -0.15) is 0 Å². The first kappa shape index (κ1) is 10.5. The third-order valence-electron chi connectivity index (χ3n) is 2.97. The minimum atomic E-state index is 0.471. The highest BCUT2D eigenvalue weighted by Gasteiger charge is 2.30. The Bertz CT molecular complexity index is 348. The molecule has 0 atom stereocenters. The topological polar surface area (TPSA) is 43.8 Å². The zero-order chi connectivity index (χ0) is 11.0. The van der Waals surface area contributed by atoms with E-state index >= 15 is 0 Å². The fourth-order valence-electron chi connectivity index (χ4n) is 2.06. The van der Waals surface area contributed by atoms with Crippen molar-refractivity contribution in [3.05, 3.63) is 11.5 Å². The second-order valence-corrected chi connectivity index (χ2v) is 4.81. The number of aromatic nitrogens is 2. The molecule has 84 valence electrons. The van der Waals surface area contributed by atoms with Gasteiger partial charge in [0.25, 0.3) is 0 Å². The van der Waals surface area contributed by atoms with E-state index in [1.165, 1.54) is 18.7 Å². The van der Waals surface area contributed by atoms with Crippen LogP contribution in [0.5, 0.6) is 0 Å². The van der Waals surface area contributed by atoms with Crippen molar-refractivity contribution in [2.45, 2.75) is 58.4 Å². The van der Waals surface area contributed by atoms with E-state index < -0.39 is 0 Å². The maximum Gasteiger partial charge on any atom is 0.127 e. The van der Waals surface area contributed by atoms with Crippen molar-refractivity contribution in [2.24, 2.45) is 0 Å². The van der Waals surface area contributed by atoms with Gasteiger partial charge in [-0.1, -0.05) is 27.2 Å². The lowest BCUT2D eigenvalue weighted by Crippen LogP contribution is -2.06. The van der Waals surface area contributed by atoms with Crippen LogP contribution < -0.4 is 5.73 Å². The van der Waals surface area contributed by atoms with Gasteiger partial charge in [0.2, 0.25) is 0 Å². The normalized spacial score (nSPS) is 16.3. The van der Waals surface area contributed by atoms with Crippen LogP contribution >= 0.6 is 0 Å². The Morgan fingerprint density at radius 3 is 2.60 bits per heavy atom. The lowest BCUT2D eigenvalue weighted by atomic mass is 10.2. The summed E-state index contributed by atoms with van der Waals surface area (Å²) in [5.41, 5.74) is 7.27. The van der Waals surface area contributed by atoms with Crippen LogP contribution in [0.4, 0.5) is 5.82 Å². The Labute approximate surface area is 91.7 Å². The second-order valence-electron chi connectivity index (χ2n) is 4.81. The Kier molecular flexibility index (Phi) is 2.72. The molecule has 1 saturated carbocycles. The number of anilines is 1. The van der Waals surface area contributed by atoms with Crippen molar-refractivity contribution in [1.29, 1.82) is 0 Å². The van der Waals surface area contributed by atoms with Crippen molar-refractivity contribution in [1.82, 2.24) is 9.55 Å². The van der Waals surface area contributed by atoms with E-state index in [9.17, 15) is 0 Å². The zero-order valence-electron chi connectivity index (χ0n) is 9.95. The lowest BCUT2D eigenvalue weighted by molar-refractivity contribution is 0.646. The van der Waals surface area contributed by atoms with E-state index in [1.54, 1.807) is 0 Å². The minimum Gasteiger partial charge on any atom is -0.384 e. The van der Waals surface area contributed by atoms with Crippen molar-refractivity contribution in [3.8, 4) is 0 Å². The number of rotatable bonds is 4. The van der Waals surface area contributed by atoms with Crippen LogP contribution in [-0.2, 0) is 6.42 Å². The van der Waals surface area contributed by atoms with Gasteiger partial charge in [0.05, 0.1) is 5.69 Å². The maximum absolute atomic E-state index is 6.17. The molecule has 0 spiro atoms. The molecule has 2 N–H and O–H groups in total. The van der Waals surface area contributed by atoms with E-state index in [4.69, 9.17) is 10.7 Å². The summed E-state index contributed by atoms with van der Waals surface area (Å²) >= 11 is 0. The molecule has 15 heavy (non-hydrogen) atoms. The van der Waals surface area contributed by atoms with Crippen molar-refractivity contribution in [2.75, 3.05) is 5.73 Å². The largest absolute Gasteiger partial charge is 0.384 e. The highest BCUT2D eigenvalue weighted by molar-refractivity contribution is 5.40. The SMILES string of the molecule is CCCc1nc(C(C)C)n(C2CC2)c1N. The predicted molar refractivity (Wildman–Crippen MR) is 63.0 cm³/mol. The zero-order valence-corrected chi connectivity index (χ0v) is 9.95.